The predicted molar refractivity (Wildman–Crippen MR) is 134 cm³/mol. The number of nitrogens with zero attached hydrogens (tertiary/aromatic N) is 6. The summed E-state index contributed by atoms with van der Waals surface area (Å²) in [7, 11) is 1.68. The topological polar surface area (TPSA) is 82.1 Å². The number of fused-ring (bicyclic) bond motifs is 1. The highest BCUT2D eigenvalue weighted by molar-refractivity contribution is 5.98. The lowest BCUT2D eigenvalue weighted by Gasteiger charge is -2.35. The molecule has 2 amide bonds. The van der Waals surface area contributed by atoms with Crippen LogP contribution >= 0.6 is 0 Å². The molecule has 0 radical (unpaired) electrons. The van der Waals surface area contributed by atoms with Crippen LogP contribution in [0.5, 0.6) is 5.75 Å². The molecule has 3 aliphatic heterocycles. The Kier molecular flexibility index (Phi) is 6.25. The van der Waals surface area contributed by atoms with Crippen LogP contribution in [0.15, 0.2) is 24.3 Å². The van der Waals surface area contributed by atoms with Crippen LogP contribution in [0.1, 0.15) is 61.3 Å². The van der Waals surface area contributed by atoms with Crippen LogP contribution in [0.2, 0.25) is 0 Å². The van der Waals surface area contributed by atoms with E-state index in [1.54, 1.807) is 14.0 Å². The molecule has 2 fully saturated rings. The van der Waals surface area contributed by atoms with Gasteiger partial charge in [0.25, 0.3) is 5.91 Å². The van der Waals surface area contributed by atoms with E-state index in [1.807, 2.05) is 35.8 Å². The van der Waals surface area contributed by atoms with Gasteiger partial charge in [-0.1, -0.05) is 12.1 Å². The van der Waals surface area contributed by atoms with E-state index in [4.69, 9.17) is 14.7 Å². The summed E-state index contributed by atoms with van der Waals surface area (Å²) in [4.78, 5) is 43.2. The van der Waals surface area contributed by atoms with Gasteiger partial charge in [-0.2, -0.15) is 4.98 Å². The molecule has 1 atom stereocenters. The quantitative estimate of drug-likeness (QED) is 0.654. The monoisotopic (exact) mass is 478 g/mol. The number of piperazine rings is 1. The van der Waals surface area contributed by atoms with Crippen LogP contribution in [0, 0.1) is 0 Å². The van der Waals surface area contributed by atoms with Gasteiger partial charge in [-0.05, 0) is 44.4 Å². The Labute approximate surface area is 206 Å². The van der Waals surface area contributed by atoms with Crippen molar-refractivity contribution in [2.75, 3.05) is 49.6 Å². The number of methoxy groups -OCH3 is 1. The number of amides is 2. The third-order valence-corrected chi connectivity index (χ3v) is 7.42. The SMILES string of the molecule is COc1ccc(C2CCCN2c2nc(N3CCN(C(C)=O)CC3)nc3c2CN(C(C)C)C3=O)cc1. The van der Waals surface area contributed by atoms with Gasteiger partial charge >= 0.3 is 0 Å². The van der Waals surface area contributed by atoms with Gasteiger partial charge in [0.2, 0.25) is 11.9 Å². The van der Waals surface area contributed by atoms with Gasteiger partial charge in [-0.25, -0.2) is 4.98 Å². The minimum absolute atomic E-state index is 0.0255. The molecule has 0 aliphatic carbocycles. The lowest BCUT2D eigenvalue weighted by molar-refractivity contribution is -0.129. The molecule has 186 valence electrons. The Bertz CT molecular complexity index is 1110. The minimum atomic E-state index is -0.0255. The number of carbonyl (C=O) groups excluding carboxylic acids is 2. The number of carbonyl (C=O) groups is 2. The zero-order valence-electron chi connectivity index (χ0n) is 21.0. The number of aromatic nitrogens is 2. The Morgan fingerprint density at radius 3 is 2.40 bits per heavy atom. The second kappa shape index (κ2) is 9.36. The standard InChI is InChI=1S/C26H34N6O3/c1-17(2)32-16-21-23(25(32)34)27-26(30-14-12-29(13-15-30)18(3)33)28-24(21)31-11-5-6-22(31)19-7-9-20(35-4)10-8-19/h7-10,17,22H,5-6,11-16H2,1-4H3. The largest absolute Gasteiger partial charge is 0.497 e. The smallest absolute Gasteiger partial charge is 0.273 e. The van der Waals surface area contributed by atoms with Crippen molar-refractivity contribution in [3.05, 3.63) is 41.1 Å². The number of rotatable bonds is 5. The molecular formula is C26H34N6O3. The maximum atomic E-state index is 13.3. The fourth-order valence-electron chi connectivity index (χ4n) is 5.37. The van der Waals surface area contributed by atoms with Crippen molar-refractivity contribution >= 4 is 23.6 Å². The van der Waals surface area contributed by atoms with Crippen molar-refractivity contribution < 1.29 is 14.3 Å². The first-order valence-corrected chi connectivity index (χ1v) is 12.5. The molecule has 0 bridgehead atoms. The summed E-state index contributed by atoms with van der Waals surface area (Å²) < 4.78 is 5.35. The first-order chi connectivity index (χ1) is 16.9. The maximum Gasteiger partial charge on any atom is 0.273 e. The number of hydrogen-bond acceptors (Lipinski definition) is 7. The van der Waals surface area contributed by atoms with Crippen molar-refractivity contribution in [1.82, 2.24) is 19.8 Å². The zero-order valence-corrected chi connectivity index (χ0v) is 21.0. The maximum absolute atomic E-state index is 13.3. The molecule has 9 heteroatoms. The first-order valence-electron chi connectivity index (χ1n) is 12.5. The summed E-state index contributed by atoms with van der Waals surface area (Å²) in [5.41, 5.74) is 2.67. The molecule has 2 saturated heterocycles. The Balaban J connectivity index is 1.52. The van der Waals surface area contributed by atoms with Gasteiger partial charge in [-0.3, -0.25) is 9.59 Å². The van der Waals surface area contributed by atoms with Crippen molar-refractivity contribution in [3.63, 3.8) is 0 Å². The Hall–Kier alpha value is -3.36. The normalized spacial score (nSPS) is 20.1. The zero-order chi connectivity index (χ0) is 24.7. The molecule has 2 aromatic rings. The number of ether oxygens (including phenoxy) is 1. The lowest BCUT2D eigenvalue weighted by atomic mass is 10.0. The molecule has 9 nitrogen and oxygen atoms in total. The summed E-state index contributed by atoms with van der Waals surface area (Å²) in [5, 5.41) is 0. The number of anilines is 2. The first kappa shape index (κ1) is 23.4. The molecule has 1 aromatic heterocycles. The fourth-order valence-corrected chi connectivity index (χ4v) is 5.37. The third kappa shape index (κ3) is 4.28. The second-order valence-electron chi connectivity index (χ2n) is 9.82. The van der Waals surface area contributed by atoms with Gasteiger partial charge in [-0.15, -0.1) is 0 Å². The molecule has 5 rings (SSSR count). The lowest BCUT2D eigenvalue weighted by Crippen LogP contribution is -2.48. The Morgan fingerprint density at radius 1 is 1.06 bits per heavy atom. The molecule has 0 N–H and O–H groups in total. The van der Waals surface area contributed by atoms with Crippen LogP contribution in [0.3, 0.4) is 0 Å². The summed E-state index contributed by atoms with van der Waals surface area (Å²) in [5.74, 6) is 2.35. The minimum Gasteiger partial charge on any atom is -0.497 e. The molecular weight excluding hydrogens is 444 g/mol. The molecule has 3 aliphatic rings. The van der Waals surface area contributed by atoms with Gasteiger partial charge in [0.15, 0.2) is 0 Å². The van der Waals surface area contributed by atoms with Crippen LogP contribution in [-0.4, -0.2) is 77.5 Å². The van der Waals surface area contributed by atoms with Crippen LogP contribution < -0.4 is 14.5 Å². The molecule has 4 heterocycles. The van der Waals surface area contributed by atoms with Gasteiger partial charge < -0.3 is 24.3 Å². The van der Waals surface area contributed by atoms with Crippen molar-refractivity contribution in [2.45, 2.75) is 52.2 Å². The molecule has 1 unspecified atom stereocenters. The summed E-state index contributed by atoms with van der Waals surface area (Å²) >= 11 is 0. The number of hydrogen-bond donors (Lipinski definition) is 0. The van der Waals surface area contributed by atoms with Gasteiger partial charge in [0.1, 0.15) is 17.3 Å². The summed E-state index contributed by atoms with van der Waals surface area (Å²) in [6, 6.07) is 8.52. The van der Waals surface area contributed by atoms with E-state index >= 15 is 0 Å². The second-order valence-corrected chi connectivity index (χ2v) is 9.82. The van der Waals surface area contributed by atoms with E-state index in [1.165, 1.54) is 5.56 Å². The van der Waals surface area contributed by atoms with E-state index in [2.05, 4.69) is 21.9 Å². The summed E-state index contributed by atoms with van der Waals surface area (Å²) in [6.07, 6.45) is 2.09. The van der Waals surface area contributed by atoms with E-state index < -0.39 is 0 Å². The van der Waals surface area contributed by atoms with E-state index in [9.17, 15) is 9.59 Å². The van der Waals surface area contributed by atoms with E-state index in [-0.39, 0.29) is 23.9 Å². The molecule has 35 heavy (non-hydrogen) atoms. The van der Waals surface area contributed by atoms with Gasteiger partial charge in [0.05, 0.1) is 19.7 Å². The van der Waals surface area contributed by atoms with Crippen molar-refractivity contribution in [1.29, 1.82) is 0 Å². The Morgan fingerprint density at radius 2 is 1.77 bits per heavy atom. The highest BCUT2D eigenvalue weighted by Crippen LogP contribution is 2.41. The van der Waals surface area contributed by atoms with E-state index in [0.29, 0.717) is 44.4 Å². The van der Waals surface area contributed by atoms with Crippen molar-refractivity contribution in [2.24, 2.45) is 0 Å². The van der Waals surface area contributed by atoms with Crippen LogP contribution in [-0.2, 0) is 11.3 Å². The molecule has 1 aromatic carbocycles. The average Bonchev–Trinajstić information content (AvgIpc) is 3.49. The summed E-state index contributed by atoms with van der Waals surface area (Å²) in [6.45, 7) is 9.67. The van der Waals surface area contributed by atoms with Gasteiger partial charge in [0, 0.05) is 51.3 Å². The molecule has 0 saturated carbocycles. The molecule has 0 spiro atoms. The third-order valence-electron chi connectivity index (χ3n) is 7.42. The van der Waals surface area contributed by atoms with E-state index in [0.717, 1.165) is 36.5 Å². The average molecular weight is 479 g/mol. The predicted octanol–water partition coefficient (Wildman–Crippen LogP) is 2.86. The highest BCUT2D eigenvalue weighted by Gasteiger charge is 2.39. The van der Waals surface area contributed by atoms with Crippen LogP contribution in [0.25, 0.3) is 0 Å². The highest BCUT2D eigenvalue weighted by atomic mass is 16.5. The fraction of sp³-hybridized carbons (Fsp3) is 0.538. The van der Waals surface area contributed by atoms with Crippen molar-refractivity contribution in [3.8, 4) is 5.75 Å². The van der Waals surface area contributed by atoms with Crippen LogP contribution in [0.4, 0.5) is 11.8 Å². The number of benzene rings is 1.